The average Bonchev–Trinajstić information content (AvgIpc) is 3.44. The molecule has 3 N–H and O–H groups in total. The van der Waals surface area contributed by atoms with Crippen LogP contribution in [-0.4, -0.2) is 21.0 Å². The van der Waals surface area contributed by atoms with Crippen molar-refractivity contribution in [1.82, 2.24) is 5.32 Å². The van der Waals surface area contributed by atoms with Gasteiger partial charge in [0.2, 0.25) is 10.0 Å². The molecule has 2 amide bonds. The van der Waals surface area contributed by atoms with Gasteiger partial charge in [-0.3, -0.25) is 4.90 Å². The third-order valence-corrected chi connectivity index (χ3v) is 8.45. The minimum Gasteiger partial charge on any atom is -0.334 e. The van der Waals surface area contributed by atoms with Crippen LogP contribution in [0.1, 0.15) is 47.9 Å². The van der Waals surface area contributed by atoms with E-state index in [0.29, 0.717) is 13.1 Å². The molecule has 1 aliphatic carbocycles. The maximum atomic E-state index is 13.3. The van der Waals surface area contributed by atoms with Crippen LogP contribution in [0.25, 0.3) is 11.1 Å². The van der Waals surface area contributed by atoms with Crippen molar-refractivity contribution >= 4 is 21.7 Å². The predicted octanol–water partition coefficient (Wildman–Crippen LogP) is 5.16. The van der Waals surface area contributed by atoms with E-state index in [1.54, 1.807) is 12.1 Å². The van der Waals surface area contributed by atoms with E-state index >= 15 is 0 Å². The molecule has 182 valence electrons. The lowest BCUT2D eigenvalue weighted by Crippen LogP contribution is -2.41. The SMILES string of the molecule is Cc1ccc(C)c(-c2ccc3c(c2)C2(CCCC2)CN3C(=O)NCc2ccc(S(N)(=O)=O)cc2)c1. The smallest absolute Gasteiger partial charge is 0.322 e. The van der Waals surface area contributed by atoms with Crippen molar-refractivity contribution in [2.24, 2.45) is 5.14 Å². The molecule has 0 atom stereocenters. The van der Waals surface area contributed by atoms with E-state index in [0.717, 1.165) is 24.1 Å². The zero-order chi connectivity index (χ0) is 24.8. The Hall–Kier alpha value is -3.16. The number of hydrogen-bond acceptors (Lipinski definition) is 3. The van der Waals surface area contributed by atoms with Crippen molar-refractivity contribution in [2.45, 2.75) is 56.4 Å². The first-order chi connectivity index (χ1) is 16.7. The van der Waals surface area contributed by atoms with Crippen molar-refractivity contribution in [3.63, 3.8) is 0 Å². The van der Waals surface area contributed by atoms with E-state index in [4.69, 9.17) is 5.14 Å². The topological polar surface area (TPSA) is 92.5 Å². The fourth-order valence-electron chi connectivity index (χ4n) is 5.61. The number of carbonyl (C=O) groups is 1. The Labute approximate surface area is 207 Å². The molecular weight excluding hydrogens is 458 g/mol. The summed E-state index contributed by atoms with van der Waals surface area (Å²) in [5.41, 5.74) is 8.02. The standard InChI is InChI=1S/C28H31N3O3S/c1-19-5-6-20(2)24(15-19)22-9-12-26-25(16-22)28(13-3-4-14-28)18-31(26)27(32)30-17-21-7-10-23(11-8-21)35(29,33)34/h5-12,15-16H,3-4,13-14,17-18H2,1-2H3,(H,30,32)(H2,29,33,34). The molecule has 35 heavy (non-hydrogen) atoms. The van der Waals surface area contributed by atoms with Crippen LogP contribution in [0, 0.1) is 13.8 Å². The van der Waals surface area contributed by atoms with Crippen molar-refractivity contribution in [2.75, 3.05) is 11.4 Å². The van der Waals surface area contributed by atoms with Crippen LogP contribution in [0.4, 0.5) is 10.5 Å². The second-order valence-electron chi connectivity index (χ2n) is 9.97. The fourth-order valence-corrected chi connectivity index (χ4v) is 6.13. The zero-order valence-corrected chi connectivity index (χ0v) is 21.0. The van der Waals surface area contributed by atoms with Crippen LogP contribution in [0.3, 0.4) is 0 Å². The molecule has 2 aliphatic rings. The van der Waals surface area contributed by atoms with Gasteiger partial charge in [0.15, 0.2) is 0 Å². The van der Waals surface area contributed by atoms with E-state index in [9.17, 15) is 13.2 Å². The maximum absolute atomic E-state index is 13.3. The summed E-state index contributed by atoms with van der Waals surface area (Å²) in [4.78, 5) is 15.2. The number of anilines is 1. The molecule has 1 fully saturated rings. The van der Waals surface area contributed by atoms with Crippen LogP contribution in [-0.2, 0) is 22.0 Å². The Kier molecular flexibility index (Phi) is 5.93. The van der Waals surface area contributed by atoms with Crippen molar-refractivity contribution < 1.29 is 13.2 Å². The maximum Gasteiger partial charge on any atom is 0.322 e. The van der Waals surface area contributed by atoms with Gasteiger partial charge >= 0.3 is 6.03 Å². The number of primary sulfonamides is 1. The normalized spacial score (nSPS) is 16.5. The molecule has 6 nitrogen and oxygen atoms in total. The van der Waals surface area contributed by atoms with Gasteiger partial charge < -0.3 is 5.32 Å². The van der Waals surface area contributed by atoms with E-state index in [1.807, 2.05) is 4.90 Å². The number of amides is 2. The molecule has 1 saturated carbocycles. The van der Waals surface area contributed by atoms with Crippen LogP contribution < -0.4 is 15.4 Å². The van der Waals surface area contributed by atoms with Gasteiger partial charge in [0, 0.05) is 24.2 Å². The van der Waals surface area contributed by atoms with Crippen molar-refractivity contribution in [3.8, 4) is 11.1 Å². The molecule has 1 heterocycles. The van der Waals surface area contributed by atoms with Gasteiger partial charge in [-0.1, -0.05) is 54.8 Å². The largest absolute Gasteiger partial charge is 0.334 e. The molecule has 5 rings (SSSR count). The summed E-state index contributed by atoms with van der Waals surface area (Å²) in [7, 11) is -3.73. The van der Waals surface area contributed by atoms with Gasteiger partial charge in [-0.05, 0) is 78.8 Å². The summed E-state index contributed by atoms with van der Waals surface area (Å²) in [6.07, 6.45) is 4.54. The van der Waals surface area contributed by atoms with Gasteiger partial charge in [0.05, 0.1) is 4.90 Å². The predicted molar refractivity (Wildman–Crippen MR) is 139 cm³/mol. The first-order valence-electron chi connectivity index (χ1n) is 12.1. The van der Waals surface area contributed by atoms with Crippen LogP contribution >= 0.6 is 0 Å². The number of rotatable bonds is 4. The first-order valence-corrected chi connectivity index (χ1v) is 13.6. The number of carbonyl (C=O) groups excluding carboxylic acids is 1. The highest BCUT2D eigenvalue weighted by molar-refractivity contribution is 7.89. The summed E-state index contributed by atoms with van der Waals surface area (Å²) < 4.78 is 23.0. The molecular formula is C28H31N3O3S. The number of sulfonamides is 1. The molecule has 1 aliphatic heterocycles. The van der Waals surface area contributed by atoms with E-state index in [-0.39, 0.29) is 16.3 Å². The lowest BCUT2D eigenvalue weighted by Gasteiger charge is -2.25. The Morgan fingerprint density at radius 1 is 1.00 bits per heavy atom. The summed E-state index contributed by atoms with van der Waals surface area (Å²) >= 11 is 0. The summed E-state index contributed by atoms with van der Waals surface area (Å²) in [6.45, 7) is 5.25. The molecule has 0 aromatic heterocycles. The first kappa shape index (κ1) is 23.6. The number of benzene rings is 3. The van der Waals surface area contributed by atoms with Gasteiger partial charge in [-0.2, -0.15) is 0 Å². The lowest BCUT2D eigenvalue weighted by molar-refractivity contribution is 0.245. The molecule has 0 bridgehead atoms. The monoisotopic (exact) mass is 489 g/mol. The van der Waals surface area contributed by atoms with Crippen LogP contribution in [0.5, 0.6) is 0 Å². The highest BCUT2D eigenvalue weighted by Crippen LogP contribution is 2.51. The number of nitrogens with two attached hydrogens (primary N) is 1. The molecule has 3 aromatic carbocycles. The molecule has 1 spiro atoms. The van der Waals surface area contributed by atoms with Gasteiger partial charge in [-0.15, -0.1) is 0 Å². The second kappa shape index (κ2) is 8.81. The quantitative estimate of drug-likeness (QED) is 0.530. The number of fused-ring (bicyclic) bond motifs is 2. The summed E-state index contributed by atoms with van der Waals surface area (Å²) in [5.74, 6) is 0. The number of nitrogens with zero attached hydrogens (tertiary/aromatic N) is 1. The highest BCUT2D eigenvalue weighted by Gasteiger charge is 2.46. The molecule has 0 saturated heterocycles. The third-order valence-electron chi connectivity index (χ3n) is 7.52. The van der Waals surface area contributed by atoms with E-state index in [1.165, 1.54) is 52.8 Å². The minimum absolute atomic E-state index is 0.0115. The Bertz CT molecular complexity index is 1390. The minimum atomic E-state index is -3.73. The van der Waals surface area contributed by atoms with Crippen LogP contribution in [0.2, 0.25) is 0 Å². The van der Waals surface area contributed by atoms with E-state index in [2.05, 4.69) is 55.6 Å². The van der Waals surface area contributed by atoms with Crippen LogP contribution in [0.15, 0.2) is 65.6 Å². The molecule has 0 radical (unpaired) electrons. The van der Waals surface area contributed by atoms with E-state index < -0.39 is 10.0 Å². The summed E-state index contributed by atoms with van der Waals surface area (Å²) in [6, 6.07) is 19.2. The Morgan fingerprint density at radius 3 is 2.40 bits per heavy atom. The number of urea groups is 1. The van der Waals surface area contributed by atoms with Gasteiger partial charge in [0.25, 0.3) is 0 Å². The van der Waals surface area contributed by atoms with Crippen molar-refractivity contribution in [1.29, 1.82) is 0 Å². The molecule has 3 aromatic rings. The number of hydrogen-bond donors (Lipinski definition) is 2. The number of aryl methyl sites for hydroxylation is 2. The lowest BCUT2D eigenvalue weighted by atomic mass is 9.79. The van der Waals surface area contributed by atoms with Gasteiger partial charge in [-0.25, -0.2) is 18.4 Å². The summed E-state index contributed by atoms with van der Waals surface area (Å²) in [5, 5.41) is 8.19. The molecule has 7 heteroatoms. The Balaban J connectivity index is 1.41. The fraction of sp³-hybridized carbons (Fsp3) is 0.321. The third kappa shape index (κ3) is 4.46. The molecule has 0 unspecified atom stereocenters. The van der Waals surface area contributed by atoms with Gasteiger partial charge in [0.1, 0.15) is 0 Å². The second-order valence-corrected chi connectivity index (χ2v) is 11.5. The Morgan fingerprint density at radius 2 is 1.71 bits per heavy atom. The number of nitrogens with one attached hydrogen (secondary N) is 1. The zero-order valence-electron chi connectivity index (χ0n) is 20.2. The average molecular weight is 490 g/mol. The highest BCUT2D eigenvalue weighted by atomic mass is 32.2. The van der Waals surface area contributed by atoms with Crippen molar-refractivity contribution in [3.05, 3.63) is 82.9 Å².